The van der Waals surface area contributed by atoms with E-state index >= 15 is 0 Å². The smallest absolute Gasteiger partial charge is 0.432 e. The predicted octanol–water partition coefficient (Wildman–Crippen LogP) is 7.47. The summed E-state index contributed by atoms with van der Waals surface area (Å²) in [7, 11) is 2.56. The number of imidazole rings is 2. The molecule has 2 aromatic carbocycles. The van der Waals surface area contributed by atoms with E-state index in [1.807, 2.05) is 55.8 Å². The number of carbonyl (C=O) groups excluding carboxylic acids is 4. The number of aromatic amines is 2. The Morgan fingerprint density at radius 1 is 0.833 bits per heavy atom. The van der Waals surface area contributed by atoms with E-state index in [0.29, 0.717) is 18.9 Å². The van der Waals surface area contributed by atoms with Gasteiger partial charge in [0.25, 0.3) is 0 Å². The molecule has 4 atom stereocenters. The van der Waals surface area contributed by atoms with Crippen LogP contribution in [0.1, 0.15) is 89.1 Å². The van der Waals surface area contributed by atoms with Gasteiger partial charge in [0.1, 0.15) is 17.7 Å². The molecular weight excluding hydrogens is 767 g/mol. The van der Waals surface area contributed by atoms with Gasteiger partial charge in [0.2, 0.25) is 11.8 Å². The monoisotopic (exact) mass is 819 g/mol. The highest BCUT2D eigenvalue weighted by Crippen LogP contribution is 2.53. The minimum absolute atomic E-state index is 0.0578. The minimum atomic E-state index is -0.728. The first-order chi connectivity index (χ1) is 29.0. The lowest BCUT2D eigenvalue weighted by molar-refractivity contribution is -0.136. The normalized spacial score (nSPS) is 19.3. The lowest BCUT2D eigenvalue weighted by Crippen LogP contribution is -2.51. The van der Waals surface area contributed by atoms with Crippen molar-refractivity contribution in [1.29, 1.82) is 0 Å². The van der Waals surface area contributed by atoms with Gasteiger partial charge in [0.15, 0.2) is 11.5 Å². The van der Waals surface area contributed by atoms with E-state index in [9.17, 15) is 19.2 Å². The number of carbonyl (C=O) groups is 4. The van der Waals surface area contributed by atoms with E-state index in [1.54, 1.807) is 6.20 Å². The summed E-state index contributed by atoms with van der Waals surface area (Å²) < 4.78 is 16.1. The zero-order valence-electron chi connectivity index (χ0n) is 35.0. The number of anilines is 2. The molecule has 0 aliphatic carbocycles. The van der Waals surface area contributed by atoms with Gasteiger partial charge in [0.05, 0.1) is 67.4 Å². The number of alkyl carbamates (subject to hydrolysis) is 1. The molecule has 4 aromatic rings. The van der Waals surface area contributed by atoms with Crippen LogP contribution in [0.25, 0.3) is 22.5 Å². The molecule has 0 radical (unpaired) electrons. The predicted molar refractivity (Wildman–Crippen MR) is 224 cm³/mol. The summed E-state index contributed by atoms with van der Waals surface area (Å²) in [5, 5.41) is 2.71. The van der Waals surface area contributed by atoms with Crippen molar-refractivity contribution in [2.45, 2.75) is 84.3 Å². The lowest BCUT2D eigenvalue weighted by Gasteiger charge is -2.38. The fraction of sp³-hybridized carbons (Fsp3) is 0.477. The van der Waals surface area contributed by atoms with Crippen LogP contribution in [-0.4, -0.2) is 99.8 Å². The van der Waals surface area contributed by atoms with Gasteiger partial charge in [-0.3, -0.25) is 9.59 Å². The number of H-pyrrole nitrogens is 2. The van der Waals surface area contributed by atoms with Crippen LogP contribution in [0.15, 0.2) is 47.7 Å². The standard InChI is InChI=1S/C44H53N9O7/c1-24(2)29(21-47-43(56)58-5)41(54)52-18-8-11-33(52)40-46-23-31(49-40)27-14-16-35-38-28(27)10-7-17-51(38)32-15-13-26(20-36(32)60-35)30-22-45-39(48-30)34-12-9-19-53(34)42(55)37(25(3)4)50-44(57)59-6/h13-16,20-25,29,33-34,37H,7-12,17-19H2,1-6H3,(H,45,48)(H,46,49)(H,50,57). The van der Waals surface area contributed by atoms with E-state index in [-0.39, 0.29) is 35.7 Å². The third kappa shape index (κ3) is 7.58. The molecule has 60 heavy (non-hydrogen) atoms. The Labute approximate surface area is 349 Å². The molecule has 0 spiro atoms. The van der Waals surface area contributed by atoms with Crippen molar-refractivity contribution < 1.29 is 33.4 Å². The number of fused-ring (bicyclic) bond motifs is 2. The Kier molecular flexibility index (Phi) is 11.4. The molecule has 2 fully saturated rings. The molecule has 3 N–H and O–H groups in total. The Bertz CT molecular complexity index is 2320. The van der Waals surface area contributed by atoms with Crippen molar-refractivity contribution in [3.63, 3.8) is 0 Å². The van der Waals surface area contributed by atoms with Crippen LogP contribution in [-0.2, 0) is 25.5 Å². The topological polar surface area (TPSA) is 187 Å². The van der Waals surface area contributed by atoms with Crippen molar-refractivity contribution in [2.75, 3.05) is 38.8 Å². The largest absolute Gasteiger partial charge is 0.453 e. The Balaban J connectivity index is 1.01. The minimum Gasteiger partial charge on any atom is -0.453 e. The van der Waals surface area contributed by atoms with Crippen LogP contribution in [0.2, 0.25) is 0 Å². The van der Waals surface area contributed by atoms with Crippen LogP contribution in [0.5, 0.6) is 11.5 Å². The summed E-state index contributed by atoms with van der Waals surface area (Å²) in [6, 6.07) is 9.13. The third-order valence-electron chi connectivity index (χ3n) is 12.2. The van der Waals surface area contributed by atoms with Crippen molar-refractivity contribution in [3.8, 4) is 34.0 Å². The van der Waals surface area contributed by atoms with Gasteiger partial charge in [-0.15, -0.1) is 0 Å². The second-order valence-corrected chi connectivity index (χ2v) is 16.6. The number of amides is 4. The summed E-state index contributed by atoms with van der Waals surface area (Å²) in [6.45, 7) is 9.70. The first-order valence-corrected chi connectivity index (χ1v) is 20.9. The van der Waals surface area contributed by atoms with Gasteiger partial charge in [-0.25, -0.2) is 19.6 Å². The number of hydrogen-bond acceptors (Lipinski definition) is 10. The highest BCUT2D eigenvalue weighted by molar-refractivity contribution is 5.97. The fourth-order valence-corrected chi connectivity index (χ4v) is 9.08. The highest BCUT2D eigenvalue weighted by Gasteiger charge is 2.39. The molecule has 4 aliphatic rings. The van der Waals surface area contributed by atoms with Gasteiger partial charge in [0, 0.05) is 37.0 Å². The molecule has 16 heteroatoms. The van der Waals surface area contributed by atoms with Crippen molar-refractivity contribution in [3.05, 3.63) is 59.9 Å². The Morgan fingerprint density at radius 3 is 2.18 bits per heavy atom. The number of nitrogens with zero attached hydrogens (tertiary/aromatic N) is 6. The lowest BCUT2D eigenvalue weighted by atomic mass is 9.92. The van der Waals surface area contributed by atoms with Crippen molar-refractivity contribution >= 4 is 41.6 Å². The van der Waals surface area contributed by atoms with Crippen LogP contribution < -0.4 is 15.0 Å². The highest BCUT2D eigenvalue weighted by atomic mass is 16.5. The van der Waals surface area contributed by atoms with Crippen molar-refractivity contribution in [1.82, 2.24) is 35.1 Å². The number of likely N-dealkylation sites (tertiary alicyclic amines) is 2. The first kappa shape index (κ1) is 40.6. The van der Waals surface area contributed by atoms with Crippen LogP contribution in [0.3, 0.4) is 0 Å². The maximum Gasteiger partial charge on any atom is 0.432 e. The summed E-state index contributed by atoms with van der Waals surface area (Å²) in [5.74, 6) is 1.99. The van der Waals surface area contributed by atoms with E-state index in [4.69, 9.17) is 19.4 Å². The number of aliphatic imine (C=N–C) groups is 1. The number of benzene rings is 2. The summed E-state index contributed by atoms with van der Waals surface area (Å²) in [4.78, 5) is 77.7. The zero-order chi connectivity index (χ0) is 42.2. The molecule has 4 aliphatic heterocycles. The number of nitrogens with one attached hydrogen (secondary N) is 3. The first-order valence-electron chi connectivity index (χ1n) is 20.9. The second-order valence-electron chi connectivity index (χ2n) is 16.6. The zero-order valence-corrected chi connectivity index (χ0v) is 35.0. The molecule has 2 saturated heterocycles. The van der Waals surface area contributed by atoms with Crippen molar-refractivity contribution in [2.24, 2.45) is 22.7 Å². The van der Waals surface area contributed by atoms with E-state index in [0.717, 1.165) is 96.3 Å². The quantitative estimate of drug-likeness (QED) is 0.136. The molecule has 316 valence electrons. The number of aromatic nitrogens is 4. The number of ether oxygens (including phenoxy) is 3. The van der Waals surface area contributed by atoms with Crippen LogP contribution in [0.4, 0.5) is 21.0 Å². The van der Waals surface area contributed by atoms with Gasteiger partial charge in [-0.05, 0) is 80.2 Å². The third-order valence-corrected chi connectivity index (χ3v) is 12.2. The molecule has 0 saturated carbocycles. The fourth-order valence-electron chi connectivity index (χ4n) is 9.08. The Morgan fingerprint density at radius 2 is 1.52 bits per heavy atom. The van der Waals surface area contributed by atoms with Crippen LogP contribution in [0, 0.1) is 17.8 Å². The number of methoxy groups -OCH3 is 2. The molecule has 8 rings (SSSR count). The number of hydrogen-bond donors (Lipinski definition) is 3. The van der Waals surface area contributed by atoms with Gasteiger partial charge in [-0.1, -0.05) is 33.8 Å². The molecule has 4 unspecified atom stereocenters. The summed E-state index contributed by atoms with van der Waals surface area (Å²) in [5.41, 5.74) is 6.87. The van der Waals surface area contributed by atoms with E-state index in [1.165, 1.54) is 26.0 Å². The molecule has 16 nitrogen and oxygen atoms in total. The molecule has 2 aromatic heterocycles. The molecule has 4 amide bonds. The van der Waals surface area contributed by atoms with E-state index < -0.39 is 24.1 Å². The van der Waals surface area contributed by atoms with Crippen LogP contribution >= 0.6 is 0 Å². The number of rotatable bonds is 10. The second kappa shape index (κ2) is 16.8. The van der Waals surface area contributed by atoms with E-state index in [2.05, 4.69) is 48.1 Å². The average molecular weight is 820 g/mol. The molecular formula is C44H53N9O7. The summed E-state index contributed by atoms with van der Waals surface area (Å²) in [6.07, 6.45) is 8.76. The summed E-state index contributed by atoms with van der Waals surface area (Å²) >= 11 is 0. The SMILES string of the molecule is COC(=O)N=CC(C(=O)N1CCCC1c1ncc(-c2ccc3c4c2CCCN4c2ccc(-c4cnc(C5CCCN5C(=O)C(NC(=O)OC)C(C)C)[nH]4)cc2O3)[nH]1)C(C)C. The average Bonchev–Trinajstić information content (AvgIpc) is 4.09. The maximum atomic E-state index is 13.8. The van der Waals surface area contributed by atoms with Gasteiger partial charge < -0.3 is 44.2 Å². The van der Waals surface area contributed by atoms with Gasteiger partial charge in [-0.2, -0.15) is 4.99 Å². The molecule has 0 bridgehead atoms. The Hall–Kier alpha value is -6.19. The van der Waals surface area contributed by atoms with Gasteiger partial charge >= 0.3 is 12.2 Å². The maximum absolute atomic E-state index is 13.8. The molecule has 6 heterocycles.